The van der Waals surface area contributed by atoms with Crippen LogP contribution in [0.2, 0.25) is 0 Å². The molecule has 1 aromatic carbocycles. The van der Waals surface area contributed by atoms with Crippen LogP contribution in [0.5, 0.6) is 5.75 Å². The van der Waals surface area contributed by atoms with Gasteiger partial charge in [-0.25, -0.2) is 4.98 Å². The molecule has 5 heteroatoms. The Bertz CT molecular complexity index is 733. The first-order chi connectivity index (χ1) is 13.6. The molecule has 0 radical (unpaired) electrons. The van der Waals surface area contributed by atoms with Crippen molar-refractivity contribution in [1.82, 2.24) is 10.3 Å². The van der Waals surface area contributed by atoms with Crippen LogP contribution in [0.15, 0.2) is 42.6 Å². The Kier molecular flexibility index (Phi) is 7.29. The number of anilines is 1. The highest BCUT2D eigenvalue weighted by Crippen LogP contribution is 2.19. The summed E-state index contributed by atoms with van der Waals surface area (Å²) in [6.45, 7) is 6.94. The molecule has 0 aliphatic carbocycles. The Morgan fingerprint density at radius 3 is 2.39 bits per heavy atom. The van der Waals surface area contributed by atoms with Crippen molar-refractivity contribution in [3.8, 4) is 5.75 Å². The first-order valence-electron chi connectivity index (χ1n) is 10.3. The first-order valence-corrected chi connectivity index (χ1v) is 10.3. The fourth-order valence-corrected chi connectivity index (χ4v) is 3.36. The molecule has 150 valence electrons. The number of aromatic nitrogens is 1. The summed E-state index contributed by atoms with van der Waals surface area (Å²) in [6.07, 6.45) is 6.94. The van der Waals surface area contributed by atoms with Gasteiger partial charge in [0.2, 0.25) is 0 Å². The minimum absolute atomic E-state index is 0.0142. The van der Waals surface area contributed by atoms with Crippen molar-refractivity contribution in [3.63, 3.8) is 0 Å². The minimum Gasteiger partial charge on any atom is -0.484 e. The second-order valence-electron chi connectivity index (χ2n) is 7.72. The topological polar surface area (TPSA) is 54.5 Å². The maximum atomic E-state index is 12.1. The molecule has 1 aliphatic rings. The number of nitrogens with zero attached hydrogens (tertiary/aromatic N) is 2. The normalized spacial score (nSPS) is 14.6. The number of carbonyl (C=O) groups excluding carboxylic acids is 1. The van der Waals surface area contributed by atoms with Crippen LogP contribution in [0, 0.1) is 0 Å². The van der Waals surface area contributed by atoms with Gasteiger partial charge in [-0.3, -0.25) is 4.79 Å². The quantitative estimate of drug-likeness (QED) is 0.778. The number of rotatable bonds is 7. The number of carbonyl (C=O) groups is 1. The van der Waals surface area contributed by atoms with Crippen LogP contribution in [-0.2, 0) is 11.3 Å². The van der Waals surface area contributed by atoms with Gasteiger partial charge >= 0.3 is 0 Å². The predicted octanol–water partition coefficient (Wildman–Crippen LogP) is 4.28. The largest absolute Gasteiger partial charge is 0.484 e. The van der Waals surface area contributed by atoms with E-state index in [1.54, 1.807) is 0 Å². The molecule has 0 spiro atoms. The molecular formula is C23H31N3O2. The number of hydrogen-bond acceptors (Lipinski definition) is 4. The summed E-state index contributed by atoms with van der Waals surface area (Å²) in [7, 11) is 0. The van der Waals surface area contributed by atoms with E-state index in [2.05, 4.69) is 35.1 Å². The summed E-state index contributed by atoms with van der Waals surface area (Å²) in [5.41, 5.74) is 2.25. The molecule has 0 unspecified atom stereocenters. The summed E-state index contributed by atoms with van der Waals surface area (Å²) in [5, 5.41) is 2.89. The lowest BCUT2D eigenvalue weighted by molar-refractivity contribution is -0.123. The second-order valence-corrected chi connectivity index (χ2v) is 7.72. The van der Waals surface area contributed by atoms with E-state index in [-0.39, 0.29) is 12.5 Å². The van der Waals surface area contributed by atoms with Crippen molar-refractivity contribution in [3.05, 3.63) is 53.7 Å². The van der Waals surface area contributed by atoms with Gasteiger partial charge in [0, 0.05) is 25.8 Å². The van der Waals surface area contributed by atoms with Crippen molar-refractivity contribution in [2.75, 3.05) is 24.6 Å². The lowest BCUT2D eigenvalue weighted by Gasteiger charge is -2.21. The molecule has 1 aromatic heterocycles. The minimum atomic E-state index is -0.135. The van der Waals surface area contributed by atoms with E-state index in [9.17, 15) is 4.79 Å². The highest BCUT2D eigenvalue weighted by molar-refractivity contribution is 5.77. The van der Waals surface area contributed by atoms with E-state index in [4.69, 9.17) is 4.74 Å². The predicted molar refractivity (Wildman–Crippen MR) is 113 cm³/mol. The third kappa shape index (κ3) is 5.98. The van der Waals surface area contributed by atoms with Gasteiger partial charge < -0.3 is 15.0 Å². The van der Waals surface area contributed by atoms with Gasteiger partial charge in [0.25, 0.3) is 5.91 Å². The monoisotopic (exact) mass is 381 g/mol. The molecule has 0 bridgehead atoms. The van der Waals surface area contributed by atoms with Crippen LogP contribution in [0.25, 0.3) is 0 Å². The maximum absolute atomic E-state index is 12.1. The van der Waals surface area contributed by atoms with Gasteiger partial charge in [0.1, 0.15) is 11.6 Å². The number of benzene rings is 1. The van der Waals surface area contributed by atoms with E-state index < -0.39 is 0 Å². The Labute approximate surface area is 168 Å². The SMILES string of the molecule is CC(C)c1ccc(OCC(=O)NCc2ccc(N3CCCCCC3)nc2)cc1. The number of nitrogens with one attached hydrogen (secondary N) is 1. The number of pyridine rings is 1. The van der Waals surface area contributed by atoms with Crippen LogP contribution in [0.4, 0.5) is 5.82 Å². The molecule has 5 nitrogen and oxygen atoms in total. The van der Waals surface area contributed by atoms with Crippen molar-refractivity contribution in [1.29, 1.82) is 0 Å². The van der Waals surface area contributed by atoms with E-state index in [1.807, 2.05) is 36.5 Å². The lowest BCUT2D eigenvalue weighted by atomic mass is 10.0. The molecule has 1 saturated heterocycles. The number of amides is 1. The van der Waals surface area contributed by atoms with Crippen molar-refractivity contribution >= 4 is 11.7 Å². The lowest BCUT2D eigenvalue weighted by Crippen LogP contribution is -2.28. The fourth-order valence-electron chi connectivity index (χ4n) is 3.36. The highest BCUT2D eigenvalue weighted by atomic mass is 16.5. The van der Waals surface area contributed by atoms with Crippen molar-refractivity contribution in [2.45, 2.75) is 52.0 Å². The molecule has 2 heterocycles. The zero-order chi connectivity index (χ0) is 19.8. The molecule has 1 aliphatic heterocycles. The summed E-state index contributed by atoms with van der Waals surface area (Å²) >= 11 is 0. The molecule has 0 saturated carbocycles. The van der Waals surface area contributed by atoms with Gasteiger partial charge in [0.15, 0.2) is 6.61 Å². The van der Waals surface area contributed by atoms with Gasteiger partial charge in [-0.2, -0.15) is 0 Å². The van der Waals surface area contributed by atoms with Crippen LogP contribution in [0.3, 0.4) is 0 Å². The Hall–Kier alpha value is -2.56. The number of ether oxygens (including phenoxy) is 1. The molecule has 1 N–H and O–H groups in total. The van der Waals surface area contributed by atoms with Gasteiger partial charge in [0.05, 0.1) is 0 Å². The summed E-state index contributed by atoms with van der Waals surface area (Å²) in [4.78, 5) is 19.0. The molecule has 0 atom stereocenters. The Morgan fingerprint density at radius 1 is 1.07 bits per heavy atom. The molecule has 1 amide bonds. The van der Waals surface area contributed by atoms with Crippen LogP contribution >= 0.6 is 0 Å². The molecule has 3 rings (SSSR count). The third-order valence-corrected chi connectivity index (χ3v) is 5.15. The van der Waals surface area contributed by atoms with E-state index in [0.29, 0.717) is 18.2 Å². The van der Waals surface area contributed by atoms with E-state index in [1.165, 1.54) is 31.2 Å². The summed E-state index contributed by atoms with van der Waals surface area (Å²) < 4.78 is 5.57. The van der Waals surface area contributed by atoms with Gasteiger partial charge in [-0.1, -0.05) is 44.9 Å². The zero-order valence-corrected chi connectivity index (χ0v) is 17.0. The number of hydrogen-bond donors (Lipinski definition) is 1. The molecule has 2 aromatic rings. The summed E-state index contributed by atoms with van der Waals surface area (Å²) in [5.74, 6) is 2.09. The van der Waals surface area contributed by atoms with E-state index >= 15 is 0 Å². The fraction of sp³-hybridized carbons (Fsp3) is 0.478. The molecule has 1 fully saturated rings. The van der Waals surface area contributed by atoms with Crippen LogP contribution in [-0.4, -0.2) is 30.6 Å². The van der Waals surface area contributed by atoms with Crippen LogP contribution in [0.1, 0.15) is 56.6 Å². The van der Waals surface area contributed by atoms with E-state index in [0.717, 1.165) is 24.5 Å². The van der Waals surface area contributed by atoms with Crippen molar-refractivity contribution < 1.29 is 9.53 Å². The van der Waals surface area contributed by atoms with Crippen LogP contribution < -0.4 is 15.0 Å². The zero-order valence-electron chi connectivity index (χ0n) is 17.0. The summed E-state index contributed by atoms with van der Waals surface area (Å²) in [6, 6.07) is 12.0. The third-order valence-electron chi connectivity index (χ3n) is 5.15. The van der Waals surface area contributed by atoms with Gasteiger partial charge in [-0.15, -0.1) is 0 Å². The molecular weight excluding hydrogens is 350 g/mol. The Morgan fingerprint density at radius 2 is 1.79 bits per heavy atom. The average Bonchev–Trinajstić information content (AvgIpc) is 3.01. The smallest absolute Gasteiger partial charge is 0.258 e. The molecule has 28 heavy (non-hydrogen) atoms. The second kappa shape index (κ2) is 10.1. The van der Waals surface area contributed by atoms with Crippen molar-refractivity contribution in [2.24, 2.45) is 0 Å². The maximum Gasteiger partial charge on any atom is 0.258 e. The standard InChI is InChI=1S/C23H31N3O2/c1-18(2)20-8-10-21(11-9-20)28-17-23(27)25-16-19-7-12-22(24-15-19)26-13-5-3-4-6-14-26/h7-12,15,18H,3-6,13-14,16-17H2,1-2H3,(H,25,27). The first kappa shape index (κ1) is 20.2. The highest BCUT2D eigenvalue weighted by Gasteiger charge is 2.11. The van der Waals surface area contributed by atoms with Gasteiger partial charge in [-0.05, 0) is 48.1 Å². The average molecular weight is 382 g/mol. The Balaban J connectivity index is 1.42.